The van der Waals surface area contributed by atoms with Gasteiger partial charge in [-0.05, 0) is 37.1 Å². The van der Waals surface area contributed by atoms with Crippen LogP contribution in [0.4, 0.5) is 5.69 Å². The van der Waals surface area contributed by atoms with Gasteiger partial charge in [-0.25, -0.2) is 0 Å². The van der Waals surface area contributed by atoms with Crippen LogP contribution in [-0.4, -0.2) is 11.9 Å². The number of rotatable bonds is 4. The fourth-order valence-corrected chi connectivity index (χ4v) is 2.46. The highest BCUT2D eigenvalue weighted by Gasteiger charge is 2.17. The average Bonchev–Trinajstić information content (AvgIpc) is 2.57. The predicted molar refractivity (Wildman–Crippen MR) is 83.5 cm³/mol. The molecular weight excluding hydrogens is 276 g/mol. The molecule has 0 radical (unpaired) electrons. The van der Waals surface area contributed by atoms with Crippen LogP contribution in [-0.2, 0) is 4.79 Å². The number of nitriles is 2. The van der Waals surface area contributed by atoms with E-state index in [4.69, 9.17) is 10.5 Å². The van der Waals surface area contributed by atoms with Gasteiger partial charge in [-0.1, -0.05) is 19.3 Å². The van der Waals surface area contributed by atoms with Gasteiger partial charge < -0.3 is 10.6 Å². The number of hydrogen-bond acceptors (Lipinski definition) is 4. The predicted octanol–water partition coefficient (Wildman–Crippen LogP) is 2.83. The van der Waals surface area contributed by atoms with E-state index in [2.05, 4.69) is 10.6 Å². The molecule has 2 N–H and O–H groups in total. The van der Waals surface area contributed by atoms with Crippen molar-refractivity contribution in [3.8, 4) is 12.1 Å². The van der Waals surface area contributed by atoms with Gasteiger partial charge >= 0.3 is 0 Å². The van der Waals surface area contributed by atoms with Crippen LogP contribution in [0.2, 0.25) is 0 Å². The molecule has 0 heterocycles. The minimum absolute atomic E-state index is 0.0509. The standard InChI is InChI=1S/C17H18N4O/c18-10-13-6-8-15(9-7-13)20-12-14(11-19)17(22)21-16-4-2-1-3-5-16/h6-9,12,16,20H,1-5H2,(H,21,22)/b14-12-. The molecule has 112 valence electrons. The van der Waals surface area contributed by atoms with E-state index in [-0.39, 0.29) is 17.5 Å². The van der Waals surface area contributed by atoms with Crippen LogP contribution in [0, 0.1) is 22.7 Å². The Balaban J connectivity index is 1.95. The summed E-state index contributed by atoms with van der Waals surface area (Å²) in [5.41, 5.74) is 1.33. The van der Waals surface area contributed by atoms with Gasteiger partial charge in [0.25, 0.3) is 5.91 Å². The third-order valence-electron chi connectivity index (χ3n) is 3.70. The molecule has 5 heteroatoms. The number of nitrogens with one attached hydrogen (secondary N) is 2. The van der Waals surface area contributed by atoms with Crippen molar-refractivity contribution in [2.45, 2.75) is 38.1 Å². The lowest BCUT2D eigenvalue weighted by Gasteiger charge is -2.22. The number of amides is 1. The van der Waals surface area contributed by atoms with Crippen molar-refractivity contribution >= 4 is 11.6 Å². The Hall–Kier alpha value is -2.79. The average molecular weight is 294 g/mol. The van der Waals surface area contributed by atoms with E-state index in [0.717, 1.165) is 31.4 Å². The van der Waals surface area contributed by atoms with Gasteiger partial charge in [0.1, 0.15) is 11.6 Å². The van der Waals surface area contributed by atoms with Crippen molar-refractivity contribution < 1.29 is 4.79 Å². The Kier molecular flexibility index (Phi) is 5.57. The Bertz CT molecular complexity index is 628. The Morgan fingerprint density at radius 2 is 1.82 bits per heavy atom. The summed E-state index contributed by atoms with van der Waals surface area (Å²) in [4.78, 5) is 12.1. The van der Waals surface area contributed by atoms with Crippen molar-refractivity contribution in [1.29, 1.82) is 10.5 Å². The first-order valence-electron chi connectivity index (χ1n) is 7.41. The van der Waals surface area contributed by atoms with E-state index < -0.39 is 0 Å². The first kappa shape index (κ1) is 15.6. The zero-order valence-corrected chi connectivity index (χ0v) is 12.3. The SMILES string of the molecule is N#C/C(=C/Nc1ccc(C#N)cc1)C(=O)NC1CCCCC1. The van der Waals surface area contributed by atoms with Crippen LogP contribution in [0.15, 0.2) is 36.0 Å². The molecule has 2 rings (SSSR count). The third kappa shape index (κ3) is 4.36. The van der Waals surface area contributed by atoms with E-state index >= 15 is 0 Å². The van der Waals surface area contributed by atoms with E-state index in [0.29, 0.717) is 5.56 Å². The van der Waals surface area contributed by atoms with Crippen LogP contribution < -0.4 is 10.6 Å². The van der Waals surface area contributed by atoms with Crippen molar-refractivity contribution in [3.05, 3.63) is 41.6 Å². The molecule has 0 saturated heterocycles. The van der Waals surface area contributed by atoms with Gasteiger partial charge in [0.15, 0.2) is 0 Å². The van der Waals surface area contributed by atoms with Gasteiger partial charge in [0.05, 0.1) is 11.6 Å². The minimum Gasteiger partial charge on any atom is -0.360 e. The van der Waals surface area contributed by atoms with Gasteiger partial charge in [-0.15, -0.1) is 0 Å². The van der Waals surface area contributed by atoms with E-state index in [9.17, 15) is 4.79 Å². The fourth-order valence-electron chi connectivity index (χ4n) is 2.46. The molecule has 1 amide bonds. The van der Waals surface area contributed by atoms with Gasteiger partial charge in [0.2, 0.25) is 0 Å². The number of anilines is 1. The molecule has 1 fully saturated rings. The zero-order chi connectivity index (χ0) is 15.8. The molecule has 0 aliphatic heterocycles. The molecule has 22 heavy (non-hydrogen) atoms. The quantitative estimate of drug-likeness (QED) is 0.660. The number of carbonyl (C=O) groups is 1. The Labute approximate surface area is 130 Å². The smallest absolute Gasteiger partial charge is 0.263 e. The lowest BCUT2D eigenvalue weighted by atomic mass is 9.95. The molecule has 1 aromatic rings. The van der Waals surface area contributed by atoms with Crippen LogP contribution in [0.1, 0.15) is 37.7 Å². The molecule has 1 aliphatic rings. The highest BCUT2D eigenvalue weighted by atomic mass is 16.1. The van der Waals surface area contributed by atoms with Crippen LogP contribution >= 0.6 is 0 Å². The topological polar surface area (TPSA) is 88.7 Å². The van der Waals surface area contributed by atoms with Gasteiger partial charge in [0, 0.05) is 17.9 Å². The monoisotopic (exact) mass is 294 g/mol. The molecule has 0 bridgehead atoms. The van der Waals surface area contributed by atoms with Crippen LogP contribution in [0.5, 0.6) is 0 Å². The molecule has 1 aliphatic carbocycles. The highest BCUT2D eigenvalue weighted by molar-refractivity contribution is 5.97. The highest BCUT2D eigenvalue weighted by Crippen LogP contribution is 2.17. The van der Waals surface area contributed by atoms with E-state index in [1.807, 2.05) is 12.1 Å². The van der Waals surface area contributed by atoms with Crippen molar-refractivity contribution in [2.24, 2.45) is 0 Å². The molecule has 5 nitrogen and oxygen atoms in total. The second-order valence-corrected chi connectivity index (χ2v) is 5.31. The normalized spacial score (nSPS) is 15.5. The summed E-state index contributed by atoms with van der Waals surface area (Å²) in [5.74, 6) is -0.337. The largest absolute Gasteiger partial charge is 0.360 e. The second kappa shape index (κ2) is 7.85. The molecule has 0 unspecified atom stereocenters. The van der Waals surface area contributed by atoms with Crippen molar-refractivity contribution in [2.75, 3.05) is 5.32 Å². The zero-order valence-electron chi connectivity index (χ0n) is 12.3. The number of nitrogens with zero attached hydrogens (tertiary/aromatic N) is 2. The second-order valence-electron chi connectivity index (χ2n) is 5.31. The van der Waals surface area contributed by atoms with Gasteiger partial charge in [-0.2, -0.15) is 10.5 Å². The molecule has 0 atom stereocenters. The minimum atomic E-state index is -0.337. The summed E-state index contributed by atoms with van der Waals surface area (Å²) in [6, 6.07) is 10.9. The first-order valence-corrected chi connectivity index (χ1v) is 7.41. The number of carbonyl (C=O) groups excluding carboxylic acids is 1. The molecule has 1 saturated carbocycles. The van der Waals surface area contributed by atoms with Crippen molar-refractivity contribution in [3.63, 3.8) is 0 Å². The Morgan fingerprint density at radius 1 is 1.14 bits per heavy atom. The fraction of sp³-hybridized carbons (Fsp3) is 0.353. The number of benzene rings is 1. The molecule has 0 spiro atoms. The van der Waals surface area contributed by atoms with E-state index in [1.165, 1.54) is 12.6 Å². The third-order valence-corrected chi connectivity index (χ3v) is 3.70. The van der Waals surface area contributed by atoms with Gasteiger partial charge in [-0.3, -0.25) is 4.79 Å². The summed E-state index contributed by atoms with van der Waals surface area (Å²) < 4.78 is 0. The summed E-state index contributed by atoms with van der Waals surface area (Å²) >= 11 is 0. The van der Waals surface area contributed by atoms with Crippen molar-refractivity contribution in [1.82, 2.24) is 5.32 Å². The molecular formula is C17H18N4O. The summed E-state index contributed by atoms with van der Waals surface area (Å²) in [5, 5.41) is 23.7. The Morgan fingerprint density at radius 3 is 2.41 bits per heavy atom. The summed E-state index contributed by atoms with van der Waals surface area (Å²) in [6.07, 6.45) is 6.83. The molecule has 0 aromatic heterocycles. The maximum absolute atomic E-state index is 12.1. The lowest BCUT2D eigenvalue weighted by molar-refractivity contribution is -0.118. The van der Waals surface area contributed by atoms with Crippen LogP contribution in [0.25, 0.3) is 0 Å². The molecule has 1 aromatic carbocycles. The first-order chi connectivity index (χ1) is 10.7. The summed E-state index contributed by atoms with van der Waals surface area (Å²) in [6.45, 7) is 0. The maximum Gasteiger partial charge on any atom is 0.263 e. The number of hydrogen-bond donors (Lipinski definition) is 2. The summed E-state index contributed by atoms with van der Waals surface area (Å²) in [7, 11) is 0. The maximum atomic E-state index is 12.1. The lowest BCUT2D eigenvalue weighted by Crippen LogP contribution is -2.37. The van der Waals surface area contributed by atoms with Crippen LogP contribution in [0.3, 0.4) is 0 Å². The van der Waals surface area contributed by atoms with E-state index in [1.54, 1.807) is 24.3 Å².